The van der Waals surface area contributed by atoms with Gasteiger partial charge < -0.3 is 10.6 Å². The van der Waals surface area contributed by atoms with Gasteiger partial charge in [0.15, 0.2) is 0 Å². The van der Waals surface area contributed by atoms with Gasteiger partial charge in [-0.1, -0.05) is 31.5 Å². The number of carbonyl (C=O) groups is 1. The van der Waals surface area contributed by atoms with Gasteiger partial charge in [0.1, 0.15) is 6.07 Å². The van der Waals surface area contributed by atoms with E-state index in [0.717, 1.165) is 0 Å². The molecule has 0 radical (unpaired) electrons. The number of nitriles is 1. The van der Waals surface area contributed by atoms with Crippen molar-refractivity contribution < 1.29 is 13.2 Å². The summed E-state index contributed by atoms with van der Waals surface area (Å²) in [6.45, 7) is 4.26. The SMILES string of the molecule is CCN(CC)S(=O)(=O)c1cccc(NCC(=O)Nc2ccc(C#N)c(Cl)c2)c1. The van der Waals surface area contributed by atoms with Gasteiger partial charge in [-0.25, -0.2) is 8.42 Å². The van der Waals surface area contributed by atoms with Gasteiger partial charge in [-0.3, -0.25) is 4.79 Å². The molecule has 0 unspecified atom stereocenters. The molecule has 0 aliphatic rings. The number of amides is 1. The van der Waals surface area contributed by atoms with Crippen molar-refractivity contribution in [2.75, 3.05) is 30.3 Å². The van der Waals surface area contributed by atoms with E-state index in [2.05, 4.69) is 10.6 Å². The Hall–Kier alpha value is -2.60. The summed E-state index contributed by atoms with van der Waals surface area (Å²) in [6, 6.07) is 12.9. The number of hydrogen-bond acceptors (Lipinski definition) is 5. The lowest BCUT2D eigenvalue weighted by atomic mass is 10.2. The van der Waals surface area contributed by atoms with Crippen molar-refractivity contribution in [3.05, 3.63) is 53.1 Å². The van der Waals surface area contributed by atoms with Crippen molar-refractivity contribution in [1.82, 2.24) is 4.31 Å². The molecule has 0 saturated carbocycles. The first-order chi connectivity index (χ1) is 13.3. The van der Waals surface area contributed by atoms with Crippen LogP contribution in [0.3, 0.4) is 0 Å². The second-order valence-corrected chi connectivity index (χ2v) is 8.17. The van der Waals surface area contributed by atoms with Crippen LogP contribution in [0, 0.1) is 11.3 Å². The Bertz CT molecular complexity index is 998. The number of rotatable bonds is 8. The summed E-state index contributed by atoms with van der Waals surface area (Å²) in [5.74, 6) is -0.335. The summed E-state index contributed by atoms with van der Waals surface area (Å²) in [7, 11) is -3.57. The Balaban J connectivity index is 2.04. The number of hydrogen-bond donors (Lipinski definition) is 2. The monoisotopic (exact) mass is 420 g/mol. The molecule has 2 rings (SSSR count). The Labute approximate surface area is 170 Å². The van der Waals surface area contributed by atoms with Gasteiger partial charge in [-0.15, -0.1) is 0 Å². The van der Waals surface area contributed by atoms with Crippen LogP contribution in [0.25, 0.3) is 0 Å². The molecule has 0 bridgehead atoms. The minimum Gasteiger partial charge on any atom is -0.376 e. The van der Waals surface area contributed by atoms with Gasteiger partial charge in [0.25, 0.3) is 0 Å². The fourth-order valence-electron chi connectivity index (χ4n) is 2.55. The molecule has 0 aliphatic heterocycles. The summed E-state index contributed by atoms with van der Waals surface area (Å²) < 4.78 is 26.6. The number of anilines is 2. The second kappa shape index (κ2) is 9.55. The lowest BCUT2D eigenvalue weighted by molar-refractivity contribution is -0.114. The molecule has 2 aromatic rings. The molecule has 0 aromatic heterocycles. The predicted octanol–water partition coefficient (Wildman–Crippen LogP) is 3.29. The quantitative estimate of drug-likeness (QED) is 0.682. The maximum absolute atomic E-state index is 12.6. The van der Waals surface area contributed by atoms with E-state index in [-0.39, 0.29) is 22.4 Å². The van der Waals surface area contributed by atoms with Crippen molar-refractivity contribution in [2.45, 2.75) is 18.7 Å². The molecule has 0 fully saturated rings. The van der Waals surface area contributed by atoms with Gasteiger partial charge >= 0.3 is 0 Å². The first-order valence-electron chi connectivity index (χ1n) is 8.65. The molecule has 0 atom stereocenters. The third-order valence-corrected chi connectivity index (χ3v) is 6.36. The highest BCUT2D eigenvalue weighted by atomic mass is 35.5. The largest absolute Gasteiger partial charge is 0.376 e. The molecular weight excluding hydrogens is 400 g/mol. The molecule has 0 heterocycles. The molecular formula is C19H21ClN4O3S. The number of halogens is 1. The Kier molecular flexibility index (Phi) is 7.40. The normalized spacial score (nSPS) is 11.1. The molecule has 2 N–H and O–H groups in total. The van der Waals surface area contributed by atoms with Crippen molar-refractivity contribution in [3.8, 4) is 6.07 Å². The van der Waals surface area contributed by atoms with Crippen LogP contribution in [-0.2, 0) is 14.8 Å². The van der Waals surface area contributed by atoms with Crippen LogP contribution in [-0.4, -0.2) is 38.3 Å². The topological polar surface area (TPSA) is 102 Å². The molecule has 2 aromatic carbocycles. The summed E-state index contributed by atoms with van der Waals surface area (Å²) in [5, 5.41) is 14.7. The highest BCUT2D eigenvalue weighted by Gasteiger charge is 2.21. The summed E-state index contributed by atoms with van der Waals surface area (Å²) in [5.41, 5.74) is 1.30. The van der Waals surface area contributed by atoms with Crippen molar-refractivity contribution in [3.63, 3.8) is 0 Å². The lowest BCUT2D eigenvalue weighted by Gasteiger charge is -2.19. The van der Waals surface area contributed by atoms with Gasteiger partial charge in [0, 0.05) is 24.5 Å². The standard InChI is InChI=1S/C19H21ClN4O3S/c1-3-24(4-2)28(26,27)17-7-5-6-15(10-17)22-13-19(25)23-16-9-8-14(12-21)18(20)11-16/h5-11,22H,3-4,13H2,1-2H3,(H,23,25). The number of sulfonamides is 1. The number of nitrogens with one attached hydrogen (secondary N) is 2. The molecule has 0 aliphatic carbocycles. The predicted molar refractivity (Wildman–Crippen MR) is 110 cm³/mol. The second-order valence-electron chi connectivity index (χ2n) is 5.83. The van der Waals surface area contributed by atoms with E-state index < -0.39 is 10.0 Å². The first-order valence-corrected chi connectivity index (χ1v) is 10.5. The molecule has 7 nitrogen and oxygen atoms in total. The zero-order chi connectivity index (χ0) is 20.7. The van der Waals surface area contributed by atoms with Crippen LogP contribution < -0.4 is 10.6 Å². The molecule has 1 amide bonds. The number of nitrogens with zero attached hydrogens (tertiary/aromatic N) is 2. The Morgan fingerprint density at radius 3 is 2.46 bits per heavy atom. The maximum atomic E-state index is 12.6. The summed E-state index contributed by atoms with van der Waals surface area (Å²) in [6.07, 6.45) is 0. The summed E-state index contributed by atoms with van der Waals surface area (Å²) >= 11 is 5.95. The smallest absolute Gasteiger partial charge is 0.243 e. The van der Waals surface area contributed by atoms with Crippen molar-refractivity contribution in [1.29, 1.82) is 5.26 Å². The molecule has 0 saturated heterocycles. The highest BCUT2D eigenvalue weighted by molar-refractivity contribution is 7.89. The Morgan fingerprint density at radius 1 is 1.14 bits per heavy atom. The van der Waals surface area contributed by atoms with E-state index in [4.69, 9.17) is 16.9 Å². The van der Waals surface area contributed by atoms with Crippen molar-refractivity contribution in [2.24, 2.45) is 0 Å². The van der Waals surface area contributed by atoms with E-state index in [0.29, 0.717) is 30.0 Å². The average molecular weight is 421 g/mol. The fourth-order valence-corrected chi connectivity index (χ4v) is 4.28. The third kappa shape index (κ3) is 5.23. The minimum atomic E-state index is -3.57. The van der Waals surface area contributed by atoms with Crippen LogP contribution >= 0.6 is 11.6 Å². The van der Waals surface area contributed by atoms with Gasteiger partial charge in [0.05, 0.1) is 22.0 Å². The maximum Gasteiger partial charge on any atom is 0.243 e. The summed E-state index contributed by atoms with van der Waals surface area (Å²) in [4.78, 5) is 12.3. The first kappa shape index (κ1) is 21.7. The van der Waals surface area contributed by atoms with E-state index in [9.17, 15) is 13.2 Å². The van der Waals surface area contributed by atoms with E-state index in [1.165, 1.54) is 28.6 Å². The van der Waals surface area contributed by atoms with Gasteiger partial charge in [-0.05, 0) is 36.4 Å². The molecule has 28 heavy (non-hydrogen) atoms. The van der Waals surface area contributed by atoms with Crippen LogP contribution in [0.1, 0.15) is 19.4 Å². The van der Waals surface area contributed by atoms with Crippen LogP contribution in [0.15, 0.2) is 47.4 Å². The van der Waals surface area contributed by atoms with Crippen LogP contribution in [0.2, 0.25) is 5.02 Å². The fraction of sp³-hybridized carbons (Fsp3) is 0.263. The number of benzene rings is 2. The van der Waals surface area contributed by atoms with E-state index >= 15 is 0 Å². The number of carbonyl (C=O) groups excluding carboxylic acids is 1. The van der Waals surface area contributed by atoms with Gasteiger partial charge in [-0.2, -0.15) is 9.57 Å². The van der Waals surface area contributed by atoms with E-state index in [1.807, 2.05) is 6.07 Å². The molecule has 0 spiro atoms. The average Bonchev–Trinajstić information content (AvgIpc) is 2.67. The Morgan fingerprint density at radius 2 is 1.86 bits per heavy atom. The van der Waals surface area contributed by atoms with Crippen LogP contribution in [0.5, 0.6) is 0 Å². The molecule has 148 valence electrons. The zero-order valence-electron chi connectivity index (χ0n) is 15.6. The lowest BCUT2D eigenvalue weighted by Crippen LogP contribution is -2.30. The van der Waals surface area contributed by atoms with Crippen molar-refractivity contribution >= 4 is 38.9 Å². The minimum absolute atomic E-state index is 0.0631. The van der Waals surface area contributed by atoms with Gasteiger partial charge in [0.2, 0.25) is 15.9 Å². The highest BCUT2D eigenvalue weighted by Crippen LogP contribution is 2.21. The third-order valence-electron chi connectivity index (χ3n) is 4.00. The zero-order valence-corrected chi connectivity index (χ0v) is 17.1. The van der Waals surface area contributed by atoms with Crippen LogP contribution in [0.4, 0.5) is 11.4 Å². The molecule has 9 heteroatoms. The van der Waals surface area contributed by atoms with E-state index in [1.54, 1.807) is 32.0 Å².